The molecule has 1 aromatic carbocycles. The first-order valence-corrected chi connectivity index (χ1v) is 6.67. The van der Waals surface area contributed by atoms with Crippen LogP contribution in [-0.4, -0.2) is 48.3 Å². The molecule has 0 fully saturated rings. The summed E-state index contributed by atoms with van der Waals surface area (Å²) in [6.07, 6.45) is -3.71. The third kappa shape index (κ3) is 4.18. The van der Waals surface area contributed by atoms with E-state index in [2.05, 4.69) is 0 Å². The number of aliphatic hydroxyl groups is 1. The standard InChI is InChI=1S/C14H17F3N2O2/c15-14(16,17)9-18-13(21)7-19-6-5-10-3-1-2-4-11(10)12(19)8-20/h1-4,12,20H,5-9H2,(H,18,21). The second kappa shape index (κ2) is 6.44. The van der Waals surface area contributed by atoms with Gasteiger partial charge in [-0.25, -0.2) is 0 Å². The molecule has 1 heterocycles. The molecule has 0 aliphatic carbocycles. The van der Waals surface area contributed by atoms with Crippen molar-refractivity contribution in [2.75, 3.05) is 26.2 Å². The lowest BCUT2D eigenvalue weighted by molar-refractivity contribution is -0.139. The summed E-state index contributed by atoms with van der Waals surface area (Å²) in [6.45, 7) is -1.14. The highest BCUT2D eigenvalue weighted by Gasteiger charge is 2.30. The van der Waals surface area contributed by atoms with Crippen LogP contribution in [0.4, 0.5) is 13.2 Å². The maximum Gasteiger partial charge on any atom is 0.405 e. The number of alkyl halides is 3. The van der Waals surface area contributed by atoms with Crippen LogP contribution >= 0.6 is 0 Å². The summed E-state index contributed by atoms with van der Waals surface area (Å²) in [6, 6.07) is 7.22. The van der Waals surface area contributed by atoms with E-state index in [0.717, 1.165) is 11.1 Å². The van der Waals surface area contributed by atoms with E-state index >= 15 is 0 Å². The number of amides is 1. The molecule has 0 aromatic heterocycles. The summed E-state index contributed by atoms with van der Waals surface area (Å²) in [5.41, 5.74) is 2.03. The Morgan fingerprint density at radius 1 is 1.38 bits per heavy atom. The van der Waals surface area contributed by atoms with Crippen LogP contribution in [0.2, 0.25) is 0 Å². The van der Waals surface area contributed by atoms with Gasteiger partial charge in [0.25, 0.3) is 0 Å². The Bertz CT molecular complexity index is 505. The maximum absolute atomic E-state index is 12.1. The minimum Gasteiger partial charge on any atom is -0.394 e. The molecule has 2 rings (SSSR count). The lowest BCUT2D eigenvalue weighted by Crippen LogP contribution is -2.45. The number of nitrogens with zero attached hydrogens (tertiary/aromatic N) is 1. The number of carbonyl (C=O) groups is 1. The normalized spacial score (nSPS) is 19.1. The Kier molecular flexibility index (Phi) is 4.84. The molecule has 0 radical (unpaired) electrons. The molecule has 4 nitrogen and oxygen atoms in total. The van der Waals surface area contributed by atoms with E-state index in [9.17, 15) is 23.1 Å². The van der Waals surface area contributed by atoms with E-state index in [1.165, 1.54) is 0 Å². The molecule has 0 bridgehead atoms. The van der Waals surface area contributed by atoms with Gasteiger partial charge in [-0.1, -0.05) is 24.3 Å². The zero-order valence-electron chi connectivity index (χ0n) is 11.4. The molecule has 7 heteroatoms. The van der Waals surface area contributed by atoms with Gasteiger partial charge in [-0.3, -0.25) is 9.69 Å². The first kappa shape index (κ1) is 15.8. The second-order valence-electron chi connectivity index (χ2n) is 5.01. The number of halogens is 3. The quantitative estimate of drug-likeness (QED) is 0.880. The van der Waals surface area contributed by atoms with Crippen LogP contribution in [0.5, 0.6) is 0 Å². The molecule has 1 aromatic rings. The van der Waals surface area contributed by atoms with Crippen molar-refractivity contribution >= 4 is 5.91 Å². The Morgan fingerprint density at radius 2 is 2.10 bits per heavy atom. The lowest BCUT2D eigenvalue weighted by atomic mass is 9.93. The highest BCUT2D eigenvalue weighted by Crippen LogP contribution is 2.28. The number of benzene rings is 1. The molecule has 1 amide bonds. The Labute approximate surface area is 120 Å². The molecule has 116 valence electrons. The monoisotopic (exact) mass is 302 g/mol. The molecule has 2 N–H and O–H groups in total. The summed E-state index contributed by atoms with van der Waals surface area (Å²) in [5, 5.41) is 11.4. The van der Waals surface area contributed by atoms with Crippen molar-refractivity contribution < 1.29 is 23.1 Å². The molecule has 0 spiro atoms. The molecule has 0 saturated carbocycles. The van der Waals surface area contributed by atoms with Crippen LogP contribution in [0, 0.1) is 0 Å². The zero-order valence-corrected chi connectivity index (χ0v) is 11.4. The fourth-order valence-electron chi connectivity index (χ4n) is 2.55. The van der Waals surface area contributed by atoms with Crippen LogP contribution < -0.4 is 5.32 Å². The first-order chi connectivity index (χ1) is 9.90. The third-order valence-corrected chi connectivity index (χ3v) is 3.53. The van der Waals surface area contributed by atoms with Crippen molar-refractivity contribution in [2.45, 2.75) is 18.6 Å². The van der Waals surface area contributed by atoms with Gasteiger partial charge in [0.05, 0.1) is 19.2 Å². The summed E-state index contributed by atoms with van der Waals surface area (Å²) in [7, 11) is 0. The van der Waals surface area contributed by atoms with Crippen molar-refractivity contribution in [2.24, 2.45) is 0 Å². The highest BCUT2D eigenvalue weighted by atomic mass is 19.4. The van der Waals surface area contributed by atoms with Gasteiger partial charge in [0.15, 0.2) is 0 Å². The largest absolute Gasteiger partial charge is 0.405 e. The van der Waals surface area contributed by atoms with Gasteiger partial charge in [-0.15, -0.1) is 0 Å². The fourth-order valence-corrected chi connectivity index (χ4v) is 2.55. The van der Waals surface area contributed by atoms with Gasteiger partial charge in [0, 0.05) is 6.54 Å². The molecule has 21 heavy (non-hydrogen) atoms. The van der Waals surface area contributed by atoms with Gasteiger partial charge in [0.2, 0.25) is 5.91 Å². The number of hydrogen-bond donors (Lipinski definition) is 2. The first-order valence-electron chi connectivity index (χ1n) is 6.67. The Balaban J connectivity index is 1.99. The molecular weight excluding hydrogens is 285 g/mol. The molecule has 1 unspecified atom stereocenters. The number of hydrogen-bond acceptors (Lipinski definition) is 3. The molecule has 1 aliphatic heterocycles. The Morgan fingerprint density at radius 3 is 2.76 bits per heavy atom. The minimum absolute atomic E-state index is 0.157. The van der Waals surface area contributed by atoms with Gasteiger partial charge < -0.3 is 10.4 Å². The van der Waals surface area contributed by atoms with Gasteiger partial charge >= 0.3 is 6.18 Å². The summed E-state index contributed by atoms with van der Waals surface area (Å²) < 4.78 is 36.2. The van der Waals surface area contributed by atoms with E-state index in [-0.39, 0.29) is 19.2 Å². The van der Waals surface area contributed by atoms with Crippen LogP contribution in [0.25, 0.3) is 0 Å². The molecular formula is C14H17F3N2O2. The number of aliphatic hydroxyl groups excluding tert-OH is 1. The van der Waals surface area contributed by atoms with Gasteiger partial charge in [-0.05, 0) is 17.5 Å². The third-order valence-electron chi connectivity index (χ3n) is 3.53. The second-order valence-corrected chi connectivity index (χ2v) is 5.01. The molecule has 1 atom stereocenters. The minimum atomic E-state index is -4.42. The van der Waals surface area contributed by atoms with Gasteiger partial charge in [0.1, 0.15) is 6.54 Å². The number of carbonyl (C=O) groups excluding carboxylic acids is 1. The zero-order chi connectivity index (χ0) is 15.5. The smallest absolute Gasteiger partial charge is 0.394 e. The lowest BCUT2D eigenvalue weighted by Gasteiger charge is -2.35. The fraction of sp³-hybridized carbons (Fsp3) is 0.500. The van der Waals surface area contributed by atoms with Crippen molar-refractivity contribution in [3.05, 3.63) is 35.4 Å². The Hall–Kier alpha value is -1.60. The van der Waals surface area contributed by atoms with Crippen LogP contribution in [0.1, 0.15) is 17.2 Å². The summed E-state index contributed by atoms with van der Waals surface area (Å²) in [5.74, 6) is -0.690. The van der Waals surface area contributed by atoms with Crippen LogP contribution in [0.3, 0.4) is 0 Å². The average molecular weight is 302 g/mol. The molecule has 0 saturated heterocycles. The topological polar surface area (TPSA) is 52.6 Å². The van der Waals surface area contributed by atoms with Gasteiger partial charge in [-0.2, -0.15) is 13.2 Å². The summed E-state index contributed by atoms with van der Waals surface area (Å²) >= 11 is 0. The average Bonchev–Trinajstić information content (AvgIpc) is 2.44. The molecule has 1 aliphatic rings. The van der Waals surface area contributed by atoms with Crippen LogP contribution in [-0.2, 0) is 11.2 Å². The van der Waals surface area contributed by atoms with Crippen molar-refractivity contribution in [3.8, 4) is 0 Å². The van der Waals surface area contributed by atoms with E-state index in [1.54, 1.807) is 4.90 Å². The summed E-state index contributed by atoms with van der Waals surface area (Å²) in [4.78, 5) is 13.3. The number of fused-ring (bicyclic) bond motifs is 1. The highest BCUT2D eigenvalue weighted by molar-refractivity contribution is 5.78. The SMILES string of the molecule is O=C(CN1CCc2ccccc2C1CO)NCC(F)(F)F. The van der Waals surface area contributed by atoms with Crippen molar-refractivity contribution in [3.63, 3.8) is 0 Å². The van der Waals surface area contributed by atoms with Crippen LogP contribution in [0.15, 0.2) is 24.3 Å². The predicted molar refractivity (Wildman–Crippen MR) is 70.6 cm³/mol. The van der Waals surface area contributed by atoms with E-state index < -0.39 is 18.6 Å². The number of rotatable bonds is 4. The predicted octanol–water partition coefficient (Wildman–Crippen LogP) is 1.26. The van der Waals surface area contributed by atoms with E-state index in [1.807, 2.05) is 29.6 Å². The number of nitrogens with one attached hydrogen (secondary N) is 1. The van der Waals surface area contributed by atoms with Crippen molar-refractivity contribution in [1.82, 2.24) is 10.2 Å². The van der Waals surface area contributed by atoms with E-state index in [0.29, 0.717) is 13.0 Å². The van der Waals surface area contributed by atoms with E-state index in [4.69, 9.17) is 0 Å². The maximum atomic E-state index is 12.1. The van der Waals surface area contributed by atoms with Crippen molar-refractivity contribution in [1.29, 1.82) is 0 Å².